The third-order valence-electron chi connectivity index (χ3n) is 2.38. The zero-order chi connectivity index (χ0) is 11.5. The summed E-state index contributed by atoms with van der Waals surface area (Å²) in [6.07, 6.45) is 0.851. The van der Waals surface area contributed by atoms with Gasteiger partial charge in [0.1, 0.15) is 0 Å². The van der Waals surface area contributed by atoms with Crippen LogP contribution < -0.4 is 5.73 Å². The molecule has 0 fully saturated rings. The van der Waals surface area contributed by atoms with Gasteiger partial charge in [0.2, 0.25) is 0 Å². The summed E-state index contributed by atoms with van der Waals surface area (Å²) in [5.74, 6) is 0. The molecule has 1 heterocycles. The standard InChI is InChI=1S/C12H11ClINS/c13-10-3-1-8(2-4-10)5-11(15)9-6-12(14)16-7-9/h1-4,6-7,11H,5,15H2. The van der Waals surface area contributed by atoms with Crippen molar-refractivity contribution in [2.45, 2.75) is 12.5 Å². The van der Waals surface area contributed by atoms with E-state index in [1.165, 1.54) is 14.0 Å². The van der Waals surface area contributed by atoms with E-state index >= 15 is 0 Å². The highest BCUT2D eigenvalue weighted by molar-refractivity contribution is 14.1. The lowest BCUT2D eigenvalue weighted by atomic mass is 10.0. The number of rotatable bonds is 3. The second-order valence-electron chi connectivity index (χ2n) is 3.62. The van der Waals surface area contributed by atoms with Gasteiger partial charge >= 0.3 is 0 Å². The lowest BCUT2D eigenvalue weighted by molar-refractivity contribution is 0.725. The molecule has 1 unspecified atom stereocenters. The van der Waals surface area contributed by atoms with Gasteiger partial charge in [-0.2, -0.15) is 0 Å². The van der Waals surface area contributed by atoms with Crippen LogP contribution in [-0.4, -0.2) is 0 Å². The van der Waals surface area contributed by atoms with E-state index in [-0.39, 0.29) is 6.04 Å². The molecule has 0 aliphatic carbocycles. The summed E-state index contributed by atoms with van der Waals surface area (Å²) < 4.78 is 1.28. The number of hydrogen-bond acceptors (Lipinski definition) is 2. The molecule has 16 heavy (non-hydrogen) atoms. The van der Waals surface area contributed by atoms with Crippen molar-refractivity contribution in [3.05, 3.63) is 54.7 Å². The normalized spacial score (nSPS) is 12.7. The lowest BCUT2D eigenvalue weighted by Gasteiger charge is -2.09. The van der Waals surface area contributed by atoms with E-state index in [1.54, 1.807) is 11.3 Å². The van der Waals surface area contributed by atoms with Crippen LogP contribution in [0.2, 0.25) is 5.02 Å². The average molecular weight is 364 g/mol. The number of halogens is 2. The van der Waals surface area contributed by atoms with Crippen molar-refractivity contribution in [2.24, 2.45) is 5.73 Å². The summed E-state index contributed by atoms with van der Waals surface area (Å²) in [5.41, 5.74) is 8.58. The molecule has 0 spiro atoms. The van der Waals surface area contributed by atoms with Crippen LogP contribution in [0.25, 0.3) is 0 Å². The molecular formula is C12H11ClINS. The van der Waals surface area contributed by atoms with Crippen LogP contribution in [0.3, 0.4) is 0 Å². The average Bonchev–Trinajstić information content (AvgIpc) is 2.68. The third kappa shape index (κ3) is 3.20. The molecule has 1 aromatic heterocycles. The van der Waals surface area contributed by atoms with E-state index in [0.717, 1.165) is 11.4 Å². The number of thiophene rings is 1. The minimum Gasteiger partial charge on any atom is -0.324 e. The first-order valence-corrected chi connectivity index (χ1v) is 7.23. The molecule has 0 amide bonds. The van der Waals surface area contributed by atoms with Crippen molar-refractivity contribution in [1.29, 1.82) is 0 Å². The predicted octanol–water partition coefficient (Wildman–Crippen LogP) is 4.25. The molecule has 4 heteroatoms. The summed E-state index contributed by atoms with van der Waals surface area (Å²) in [5, 5.41) is 2.89. The van der Waals surface area contributed by atoms with Crippen LogP contribution in [0, 0.1) is 2.88 Å². The van der Waals surface area contributed by atoms with Crippen molar-refractivity contribution < 1.29 is 0 Å². The van der Waals surface area contributed by atoms with Gasteiger partial charge in [0.15, 0.2) is 0 Å². The van der Waals surface area contributed by atoms with Crippen molar-refractivity contribution in [3.8, 4) is 0 Å². The van der Waals surface area contributed by atoms with E-state index in [4.69, 9.17) is 17.3 Å². The molecule has 0 saturated carbocycles. The molecule has 1 aromatic carbocycles. The summed E-state index contributed by atoms with van der Waals surface area (Å²) in [6, 6.07) is 10.1. The van der Waals surface area contributed by atoms with Gasteiger partial charge in [-0.1, -0.05) is 23.7 Å². The molecule has 0 aliphatic rings. The zero-order valence-electron chi connectivity index (χ0n) is 8.49. The Labute approximate surface area is 118 Å². The van der Waals surface area contributed by atoms with E-state index in [1.807, 2.05) is 24.3 Å². The fourth-order valence-electron chi connectivity index (χ4n) is 1.51. The third-order valence-corrected chi connectivity index (χ3v) is 4.44. The van der Waals surface area contributed by atoms with Crippen LogP contribution in [0.4, 0.5) is 0 Å². The van der Waals surface area contributed by atoms with Crippen LogP contribution in [0.15, 0.2) is 35.7 Å². The van der Waals surface area contributed by atoms with Crippen LogP contribution >= 0.6 is 45.5 Å². The topological polar surface area (TPSA) is 26.0 Å². The quantitative estimate of drug-likeness (QED) is 0.811. The van der Waals surface area contributed by atoms with Gasteiger partial charge in [-0.25, -0.2) is 0 Å². The number of hydrogen-bond donors (Lipinski definition) is 1. The Morgan fingerprint density at radius 3 is 2.56 bits per heavy atom. The molecule has 0 radical (unpaired) electrons. The zero-order valence-corrected chi connectivity index (χ0v) is 12.2. The van der Waals surface area contributed by atoms with Gasteiger partial charge in [-0.3, -0.25) is 0 Å². The van der Waals surface area contributed by atoms with Crippen molar-refractivity contribution in [1.82, 2.24) is 0 Å². The molecule has 1 atom stereocenters. The second kappa shape index (κ2) is 5.49. The second-order valence-corrected chi connectivity index (χ2v) is 6.86. The Hall–Kier alpha value is -0.100. The molecular weight excluding hydrogens is 353 g/mol. The minimum atomic E-state index is 0.0703. The first-order chi connectivity index (χ1) is 7.65. The van der Waals surface area contributed by atoms with Gasteiger partial charge < -0.3 is 5.73 Å². The molecule has 1 nitrogen and oxygen atoms in total. The molecule has 84 valence electrons. The van der Waals surface area contributed by atoms with Gasteiger partial charge in [0.25, 0.3) is 0 Å². The van der Waals surface area contributed by atoms with Gasteiger partial charge in [0, 0.05) is 11.1 Å². The monoisotopic (exact) mass is 363 g/mol. The molecule has 2 rings (SSSR count). The fraction of sp³-hybridized carbons (Fsp3) is 0.167. The maximum absolute atomic E-state index is 6.15. The smallest absolute Gasteiger partial charge is 0.0656 e. The fourth-order valence-corrected chi connectivity index (χ4v) is 3.07. The first kappa shape index (κ1) is 12.4. The highest BCUT2D eigenvalue weighted by atomic mass is 127. The lowest BCUT2D eigenvalue weighted by Crippen LogP contribution is -2.12. The van der Waals surface area contributed by atoms with E-state index in [2.05, 4.69) is 34.0 Å². The highest BCUT2D eigenvalue weighted by Crippen LogP contribution is 2.23. The summed E-state index contributed by atoms with van der Waals surface area (Å²) >= 11 is 9.88. The Kier molecular flexibility index (Phi) is 4.24. The summed E-state index contributed by atoms with van der Waals surface area (Å²) in [6.45, 7) is 0. The minimum absolute atomic E-state index is 0.0703. The van der Waals surface area contributed by atoms with Crippen LogP contribution in [-0.2, 0) is 6.42 Å². The Balaban J connectivity index is 2.07. The van der Waals surface area contributed by atoms with Gasteiger partial charge in [-0.05, 0) is 63.7 Å². The molecule has 0 saturated heterocycles. The SMILES string of the molecule is NC(Cc1ccc(Cl)cc1)c1csc(I)c1. The van der Waals surface area contributed by atoms with E-state index in [0.29, 0.717) is 0 Å². The van der Waals surface area contributed by atoms with Gasteiger partial charge in [0.05, 0.1) is 2.88 Å². The maximum atomic E-state index is 6.15. The molecule has 2 N–H and O–H groups in total. The molecule has 0 bridgehead atoms. The van der Waals surface area contributed by atoms with Crippen LogP contribution in [0.5, 0.6) is 0 Å². The Morgan fingerprint density at radius 1 is 1.31 bits per heavy atom. The highest BCUT2D eigenvalue weighted by Gasteiger charge is 2.08. The maximum Gasteiger partial charge on any atom is 0.0656 e. The molecule has 2 aromatic rings. The van der Waals surface area contributed by atoms with Crippen molar-refractivity contribution >= 4 is 45.5 Å². The Morgan fingerprint density at radius 2 is 2.00 bits per heavy atom. The van der Waals surface area contributed by atoms with E-state index < -0.39 is 0 Å². The Bertz CT molecular complexity index is 466. The van der Waals surface area contributed by atoms with Crippen molar-refractivity contribution in [3.63, 3.8) is 0 Å². The largest absolute Gasteiger partial charge is 0.324 e. The summed E-state index contributed by atoms with van der Waals surface area (Å²) in [7, 11) is 0. The van der Waals surface area contributed by atoms with Crippen LogP contribution in [0.1, 0.15) is 17.2 Å². The summed E-state index contributed by atoms with van der Waals surface area (Å²) in [4.78, 5) is 0. The van der Waals surface area contributed by atoms with E-state index in [9.17, 15) is 0 Å². The van der Waals surface area contributed by atoms with Gasteiger partial charge in [-0.15, -0.1) is 11.3 Å². The number of nitrogens with two attached hydrogens (primary N) is 1. The molecule has 0 aliphatic heterocycles. The van der Waals surface area contributed by atoms with Crippen molar-refractivity contribution in [2.75, 3.05) is 0 Å². The predicted molar refractivity (Wildman–Crippen MR) is 79.1 cm³/mol. The first-order valence-electron chi connectivity index (χ1n) is 4.89. The number of benzene rings is 1.